The number of imidazole rings is 1. The van der Waals surface area contributed by atoms with Crippen LogP contribution in [0.2, 0.25) is 0 Å². The number of anilines is 2. The number of nitrogens with one attached hydrogen (secondary N) is 1. The van der Waals surface area contributed by atoms with Gasteiger partial charge in [0.15, 0.2) is 44.2 Å². The summed E-state index contributed by atoms with van der Waals surface area (Å²) in [5.74, 6) is -0.0434. The molecule has 0 saturated carbocycles. The van der Waals surface area contributed by atoms with Crippen LogP contribution >= 0.6 is 24.0 Å². The van der Waals surface area contributed by atoms with E-state index < -0.39 is 17.7 Å². The molecule has 4 heterocycles. The molecule has 0 saturated heterocycles. The number of aromatic nitrogens is 4. The normalized spacial score (nSPS) is 12.4. The summed E-state index contributed by atoms with van der Waals surface area (Å²) in [4.78, 5) is 41.2. The summed E-state index contributed by atoms with van der Waals surface area (Å²) in [5.41, 5.74) is 9.30. The van der Waals surface area contributed by atoms with Crippen LogP contribution in [0.25, 0.3) is 55.7 Å². The topological polar surface area (TPSA) is 191 Å². The number of ether oxygens (including phenoxy) is 2. The van der Waals surface area contributed by atoms with Crippen molar-refractivity contribution in [2.24, 2.45) is 0 Å². The zero-order valence-corrected chi connectivity index (χ0v) is 36.9. The number of thiocarbonyl (C=S) groups is 1. The Hall–Kier alpha value is -7.38. The van der Waals surface area contributed by atoms with Crippen LogP contribution in [-0.4, -0.2) is 65.1 Å². The third-order valence-corrected chi connectivity index (χ3v) is 12.4. The number of carboxylic acids is 1. The van der Waals surface area contributed by atoms with Crippen molar-refractivity contribution < 1.29 is 42.1 Å². The van der Waals surface area contributed by atoms with Gasteiger partial charge in [-0.3, -0.25) is 4.79 Å². The van der Waals surface area contributed by atoms with Crippen LogP contribution < -0.4 is 26.0 Å². The lowest BCUT2D eigenvalue weighted by atomic mass is 9.90. The van der Waals surface area contributed by atoms with E-state index in [0.717, 1.165) is 12.1 Å². The average Bonchev–Trinajstić information content (AvgIpc) is 3.87. The summed E-state index contributed by atoms with van der Waals surface area (Å²) >= 11 is 7.15. The third-order valence-electron chi connectivity index (χ3n) is 11.0. The molecule has 6 aromatic rings. The van der Waals surface area contributed by atoms with Crippen molar-refractivity contribution in [1.29, 1.82) is 0 Å². The minimum absolute atomic E-state index is 0.0402. The van der Waals surface area contributed by atoms with Crippen molar-refractivity contribution in [1.82, 2.24) is 24.4 Å². The number of hydrogen-bond acceptors (Lipinski definition) is 12. The Bertz CT molecular complexity index is 3280. The highest BCUT2D eigenvalue weighted by Gasteiger charge is 2.32. The van der Waals surface area contributed by atoms with Crippen LogP contribution in [0.15, 0.2) is 111 Å². The maximum atomic E-state index is 14.0. The SMILES string of the molecule is Cc1cc(-c2cc3c(cc2Sc2nc4c(N)ncnc4n2CCCN(C(=S)Nc2ccc(-c4c5ccc(=O)cc-5oc5cc(O)ccc45)c(C(=O)O)c2)C(C)C)OCO3)cc(C(F)(F)F)c1. The van der Waals surface area contributed by atoms with Gasteiger partial charge in [0.1, 0.15) is 23.4 Å². The minimum Gasteiger partial charge on any atom is -0.508 e. The van der Waals surface area contributed by atoms with E-state index in [1.165, 1.54) is 48.4 Å². The number of alkyl halides is 3. The zero-order chi connectivity index (χ0) is 46.6. The fourth-order valence-corrected chi connectivity index (χ4v) is 9.50. The van der Waals surface area contributed by atoms with Crippen LogP contribution in [0.5, 0.6) is 17.2 Å². The number of phenols is 1. The molecule has 0 fully saturated rings. The lowest BCUT2D eigenvalue weighted by Gasteiger charge is -2.30. The fraction of sp³-hybridized carbons (Fsp3) is 0.191. The lowest BCUT2D eigenvalue weighted by Crippen LogP contribution is -2.40. The molecule has 4 aromatic carbocycles. The van der Waals surface area contributed by atoms with Crippen molar-refractivity contribution in [3.63, 3.8) is 0 Å². The van der Waals surface area contributed by atoms with Gasteiger partial charge in [-0.2, -0.15) is 13.2 Å². The van der Waals surface area contributed by atoms with E-state index in [1.54, 1.807) is 49.4 Å². The number of benzene rings is 5. The van der Waals surface area contributed by atoms with Gasteiger partial charge in [-0.1, -0.05) is 23.9 Å². The van der Waals surface area contributed by atoms with Crippen LogP contribution in [0, 0.1) is 6.92 Å². The highest BCUT2D eigenvalue weighted by molar-refractivity contribution is 7.99. The number of nitrogens with zero attached hydrogens (tertiary/aromatic N) is 5. The van der Waals surface area contributed by atoms with Crippen molar-refractivity contribution in [3.05, 3.63) is 118 Å². The zero-order valence-electron chi connectivity index (χ0n) is 35.3. The molecule has 0 radical (unpaired) electrons. The Labute approximate surface area is 383 Å². The molecule has 5 N–H and O–H groups in total. The molecule has 0 spiro atoms. The predicted octanol–water partition coefficient (Wildman–Crippen LogP) is 10.1. The first-order chi connectivity index (χ1) is 31.5. The first-order valence-corrected chi connectivity index (χ1v) is 21.7. The molecular formula is C47H38F3N7O7S2. The van der Waals surface area contributed by atoms with Gasteiger partial charge in [0.25, 0.3) is 0 Å². The number of rotatable bonds is 11. The molecule has 66 heavy (non-hydrogen) atoms. The molecule has 9 rings (SSSR count). The second kappa shape index (κ2) is 17.2. The van der Waals surface area contributed by atoms with Crippen LogP contribution in [0.4, 0.5) is 24.7 Å². The van der Waals surface area contributed by atoms with Crippen molar-refractivity contribution in [2.45, 2.75) is 56.0 Å². The number of carbonyl (C=O) groups is 1. The van der Waals surface area contributed by atoms with E-state index in [2.05, 4.69) is 15.3 Å². The second-order valence-corrected chi connectivity index (χ2v) is 17.2. The first-order valence-electron chi connectivity index (χ1n) is 20.4. The Morgan fingerprint density at radius 3 is 2.52 bits per heavy atom. The fourth-order valence-electron chi connectivity index (χ4n) is 8.00. The van der Waals surface area contributed by atoms with E-state index in [-0.39, 0.29) is 46.7 Å². The Balaban J connectivity index is 0.994. The summed E-state index contributed by atoms with van der Waals surface area (Å²) in [6.07, 6.45) is -2.72. The molecule has 336 valence electrons. The standard InChI is InChI=1S/C47H38F3N7O7S2/c1-23(2)56(45(65)54-27-5-8-30(34(16-27)44(60)61)40-31-9-6-28(58)17-35(31)64-36-18-29(59)7-10-32(36)40)11-4-12-57-43-41(42(51)52-21-53-43)55-46(57)66-39-20-38-37(62-22-63-38)19-33(39)25-13-24(3)14-26(15-25)47(48,49)50/h5-10,13-21,23,58H,4,11-12,22H2,1-3H3,(H,54,65)(H,60,61)(H2,51,52,53). The number of phenolic OH excluding ortho intramolecular Hbond substituents is 1. The van der Waals surface area contributed by atoms with E-state index in [1.807, 2.05) is 23.3 Å². The van der Waals surface area contributed by atoms with Crippen LogP contribution in [0.3, 0.4) is 0 Å². The van der Waals surface area contributed by atoms with Gasteiger partial charge < -0.3 is 44.6 Å². The van der Waals surface area contributed by atoms with Gasteiger partial charge >= 0.3 is 12.1 Å². The number of aryl methyl sites for hydroxylation is 2. The molecule has 19 heteroatoms. The molecule has 0 unspecified atom stereocenters. The lowest BCUT2D eigenvalue weighted by molar-refractivity contribution is -0.137. The number of fused-ring (bicyclic) bond motifs is 4. The Morgan fingerprint density at radius 1 is 0.985 bits per heavy atom. The monoisotopic (exact) mass is 933 g/mol. The highest BCUT2D eigenvalue weighted by atomic mass is 32.2. The predicted molar refractivity (Wildman–Crippen MR) is 247 cm³/mol. The van der Waals surface area contributed by atoms with Gasteiger partial charge in [-0.25, -0.2) is 19.7 Å². The quantitative estimate of drug-likeness (QED) is 0.0707. The van der Waals surface area contributed by atoms with Gasteiger partial charge in [0, 0.05) is 58.4 Å². The van der Waals surface area contributed by atoms with Crippen molar-refractivity contribution in [2.75, 3.05) is 24.4 Å². The maximum absolute atomic E-state index is 14.0. The summed E-state index contributed by atoms with van der Waals surface area (Å²) in [6.45, 7) is 6.30. The Morgan fingerprint density at radius 2 is 1.76 bits per heavy atom. The Kier molecular flexibility index (Phi) is 11.4. The van der Waals surface area contributed by atoms with E-state index >= 15 is 0 Å². The molecule has 14 nitrogen and oxygen atoms in total. The molecule has 0 bridgehead atoms. The summed E-state index contributed by atoms with van der Waals surface area (Å²) < 4.78 is 61.2. The number of aromatic hydroxyl groups is 1. The average molecular weight is 934 g/mol. The van der Waals surface area contributed by atoms with Crippen LogP contribution in [0.1, 0.15) is 41.8 Å². The maximum Gasteiger partial charge on any atom is 0.416 e. The summed E-state index contributed by atoms with van der Waals surface area (Å²) in [6, 6.07) is 20.8. The number of nitrogens with two attached hydrogens (primary N) is 1. The largest absolute Gasteiger partial charge is 0.508 e. The molecule has 0 atom stereocenters. The molecule has 0 amide bonds. The third kappa shape index (κ3) is 8.49. The van der Waals surface area contributed by atoms with Crippen molar-refractivity contribution >= 4 is 68.7 Å². The van der Waals surface area contributed by atoms with E-state index in [0.29, 0.717) is 102 Å². The number of aromatic carboxylic acids is 1. The van der Waals surface area contributed by atoms with E-state index in [9.17, 15) is 33.0 Å². The smallest absolute Gasteiger partial charge is 0.416 e. The number of hydrogen-bond donors (Lipinski definition) is 4. The number of halogens is 3. The second-order valence-electron chi connectivity index (χ2n) is 15.8. The minimum atomic E-state index is -4.56. The number of carboxylic acid groups (broad SMARTS) is 1. The van der Waals surface area contributed by atoms with Crippen LogP contribution in [-0.2, 0) is 12.7 Å². The summed E-state index contributed by atoms with van der Waals surface area (Å²) in [5, 5.41) is 25.3. The molecule has 1 aliphatic carbocycles. The number of nitrogen functional groups attached to an aromatic ring is 1. The molecule has 2 aromatic heterocycles. The van der Waals surface area contributed by atoms with Gasteiger partial charge in [-0.15, -0.1) is 0 Å². The van der Waals surface area contributed by atoms with Gasteiger partial charge in [-0.05, 0) is 122 Å². The summed E-state index contributed by atoms with van der Waals surface area (Å²) in [7, 11) is 0. The molecule has 2 aliphatic heterocycles. The molecule has 3 aliphatic rings. The van der Waals surface area contributed by atoms with Gasteiger partial charge in [0.05, 0.1) is 11.1 Å². The van der Waals surface area contributed by atoms with Crippen molar-refractivity contribution in [3.8, 4) is 50.8 Å². The first kappa shape index (κ1) is 43.9. The van der Waals surface area contributed by atoms with Gasteiger partial charge in [0.2, 0.25) is 6.79 Å². The highest BCUT2D eigenvalue weighted by Crippen LogP contribution is 2.47. The van der Waals surface area contributed by atoms with E-state index in [4.69, 9.17) is 36.8 Å². The molecular weight excluding hydrogens is 896 g/mol.